The molecule has 2 aliphatic carbocycles. The highest BCUT2D eigenvalue weighted by Gasteiger charge is 2.42. The van der Waals surface area contributed by atoms with Crippen molar-refractivity contribution in [3.63, 3.8) is 0 Å². The fourth-order valence-electron chi connectivity index (χ4n) is 5.06. The summed E-state index contributed by atoms with van der Waals surface area (Å²) in [6.07, 6.45) is 20.1. The fourth-order valence-corrected chi connectivity index (χ4v) is 5.06. The molecule has 2 rings (SSSR count). The van der Waals surface area contributed by atoms with E-state index < -0.39 is 5.60 Å². The van der Waals surface area contributed by atoms with Crippen LogP contribution in [0.25, 0.3) is 0 Å². The van der Waals surface area contributed by atoms with Crippen LogP contribution in [0.2, 0.25) is 0 Å². The number of allylic oxidation sites excluding steroid dienone is 1. The van der Waals surface area contributed by atoms with Gasteiger partial charge in [0.25, 0.3) is 0 Å². The monoisotopic (exact) mass is 420 g/mol. The van der Waals surface area contributed by atoms with Crippen molar-refractivity contribution < 1.29 is 19.8 Å². The van der Waals surface area contributed by atoms with Gasteiger partial charge in [0.1, 0.15) is 12.4 Å². The van der Waals surface area contributed by atoms with E-state index >= 15 is 0 Å². The Morgan fingerprint density at radius 1 is 1.07 bits per heavy atom. The van der Waals surface area contributed by atoms with E-state index in [1.807, 2.05) is 0 Å². The van der Waals surface area contributed by atoms with Gasteiger partial charge in [-0.2, -0.15) is 0 Å². The number of aliphatic hydroxyl groups excluding tert-OH is 1. The molecule has 0 aromatic heterocycles. The van der Waals surface area contributed by atoms with Crippen LogP contribution in [0.15, 0.2) is 12.2 Å². The van der Waals surface area contributed by atoms with Crippen molar-refractivity contribution in [3.8, 4) is 0 Å². The van der Waals surface area contributed by atoms with Crippen LogP contribution in [0.4, 0.5) is 0 Å². The lowest BCUT2D eigenvalue weighted by atomic mass is 9.85. The van der Waals surface area contributed by atoms with Crippen LogP contribution in [0.1, 0.15) is 110 Å². The van der Waals surface area contributed by atoms with Crippen LogP contribution < -0.4 is 0 Å². The average molecular weight is 421 g/mol. The molecule has 4 heteroatoms. The number of Topliss-reactive ketones (excluding diaryl/α,β-unsaturated/α-hetero) is 2. The molecule has 172 valence electrons. The third kappa shape index (κ3) is 8.63. The Balaban J connectivity index is 1.73. The molecule has 0 saturated heterocycles. The summed E-state index contributed by atoms with van der Waals surface area (Å²) in [5.74, 6) is 1.26. The van der Waals surface area contributed by atoms with Crippen molar-refractivity contribution in [2.75, 3.05) is 6.61 Å². The summed E-state index contributed by atoms with van der Waals surface area (Å²) in [5, 5.41) is 19.9. The Kier molecular flexibility index (Phi) is 11.3. The molecule has 0 bridgehead atoms. The van der Waals surface area contributed by atoms with Crippen LogP contribution in [0.3, 0.4) is 0 Å². The fraction of sp³-hybridized carbons (Fsp3) is 0.846. The van der Waals surface area contributed by atoms with Crippen molar-refractivity contribution in [2.24, 2.45) is 17.8 Å². The lowest BCUT2D eigenvalue weighted by Crippen LogP contribution is -2.30. The number of aliphatic hydroxyl groups is 2. The highest BCUT2D eigenvalue weighted by Crippen LogP contribution is 2.45. The molecular formula is C26H44O4. The minimum atomic E-state index is -0.533. The van der Waals surface area contributed by atoms with Crippen molar-refractivity contribution in [1.29, 1.82) is 0 Å². The predicted molar refractivity (Wildman–Crippen MR) is 121 cm³/mol. The molecule has 0 aromatic rings. The zero-order chi connectivity index (χ0) is 21.8. The number of hydrogen-bond donors (Lipinski definition) is 2. The number of unbranched alkanes of at least 4 members (excludes halogenated alkanes) is 6. The molecule has 2 saturated carbocycles. The average Bonchev–Trinajstić information content (AvgIpc) is 3.54. The molecule has 0 aliphatic heterocycles. The van der Waals surface area contributed by atoms with Gasteiger partial charge in [-0.15, -0.1) is 0 Å². The number of ketones is 2. The summed E-state index contributed by atoms with van der Waals surface area (Å²) in [7, 11) is 0. The molecule has 0 radical (unpaired) electrons. The first kappa shape index (κ1) is 25.3. The van der Waals surface area contributed by atoms with Gasteiger partial charge in [0.15, 0.2) is 5.78 Å². The lowest BCUT2D eigenvalue weighted by Gasteiger charge is -2.27. The van der Waals surface area contributed by atoms with Crippen molar-refractivity contribution >= 4 is 11.6 Å². The van der Waals surface area contributed by atoms with E-state index in [4.69, 9.17) is 5.11 Å². The van der Waals surface area contributed by atoms with Gasteiger partial charge in [-0.05, 0) is 56.8 Å². The zero-order valence-electron chi connectivity index (χ0n) is 19.1. The lowest BCUT2D eigenvalue weighted by molar-refractivity contribution is -0.122. The molecule has 0 heterocycles. The summed E-state index contributed by atoms with van der Waals surface area (Å²) in [4.78, 5) is 23.5. The topological polar surface area (TPSA) is 74.6 Å². The Morgan fingerprint density at radius 2 is 1.80 bits per heavy atom. The maximum absolute atomic E-state index is 12.4. The van der Waals surface area contributed by atoms with Crippen LogP contribution in [-0.2, 0) is 9.59 Å². The van der Waals surface area contributed by atoms with Crippen molar-refractivity contribution in [2.45, 2.75) is 115 Å². The second-order valence-corrected chi connectivity index (χ2v) is 9.75. The van der Waals surface area contributed by atoms with E-state index in [2.05, 4.69) is 19.1 Å². The van der Waals surface area contributed by atoms with Gasteiger partial charge in [-0.3, -0.25) is 9.59 Å². The highest BCUT2D eigenvalue weighted by molar-refractivity contribution is 5.83. The molecule has 2 N–H and O–H groups in total. The minimum absolute atomic E-state index is 0.0808. The molecule has 0 aromatic carbocycles. The predicted octanol–water partition coefficient (Wildman–Crippen LogP) is 5.54. The Labute approximate surface area is 183 Å². The summed E-state index contributed by atoms with van der Waals surface area (Å²) < 4.78 is 0. The molecule has 0 amide bonds. The SMILES string of the molecule is CCCCCCC(O)(CC=C[C@H]1CCC(=O)[C@@H]1CCCCCCC(=O)CO)C1CC1. The first-order chi connectivity index (χ1) is 14.5. The van der Waals surface area contributed by atoms with Gasteiger partial charge >= 0.3 is 0 Å². The Hall–Kier alpha value is -1.00. The minimum Gasteiger partial charge on any atom is -0.389 e. The number of carbonyl (C=O) groups excluding carboxylic acids is 2. The summed E-state index contributed by atoms with van der Waals surface area (Å²) >= 11 is 0. The molecule has 30 heavy (non-hydrogen) atoms. The normalized spacial score (nSPS) is 23.9. The van der Waals surface area contributed by atoms with Gasteiger partial charge in [-0.1, -0.05) is 64.0 Å². The summed E-state index contributed by atoms with van der Waals surface area (Å²) in [6, 6.07) is 0. The molecule has 3 atom stereocenters. The standard InChI is InChI=1S/C26H44O4/c1-2-3-4-9-18-26(30,22-15-16-22)19-10-11-21-14-17-25(29)24(21)13-8-6-5-7-12-23(28)20-27/h10-11,21-22,24,27,30H,2-9,12-20H2,1H3/t21-,24+,26?/m0/s1. The van der Waals surface area contributed by atoms with Crippen LogP contribution in [0.5, 0.6) is 0 Å². The van der Waals surface area contributed by atoms with E-state index in [0.29, 0.717) is 30.5 Å². The summed E-state index contributed by atoms with van der Waals surface area (Å²) in [6.45, 7) is 1.87. The van der Waals surface area contributed by atoms with E-state index in [1.54, 1.807) is 0 Å². The van der Waals surface area contributed by atoms with E-state index in [1.165, 1.54) is 19.3 Å². The van der Waals surface area contributed by atoms with Gasteiger partial charge < -0.3 is 10.2 Å². The molecular weight excluding hydrogens is 376 g/mol. The van der Waals surface area contributed by atoms with Gasteiger partial charge in [-0.25, -0.2) is 0 Å². The smallest absolute Gasteiger partial charge is 0.158 e. The largest absolute Gasteiger partial charge is 0.389 e. The van der Waals surface area contributed by atoms with E-state index in [0.717, 1.165) is 70.6 Å². The molecule has 1 unspecified atom stereocenters. The van der Waals surface area contributed by atoms with Crippen LogP contribution >= 0.6 is 0 Å². The highest BCUT2D eigenvalue weighted by atomic mass is 16.3. The molecule has 2 fully saturated rings. The Morgan fingerprint density at radius 3 is 2.50 bits per heavy atom. The van der Waals surface area contributed by atoms with Crippen LogP contribution in [-0.4, -0.2) is 34.0 Å². The third-order valence-electron chi connectivity index (χ3n) is 7.21. The van der Waals surface area contributed by atoms with Crippen molar-refractivity contribution in [1.82, 2.24) is 0 Å². The Bertz CT molecular complexity index is 551. The van der Waals surface area contributed by atoms with Gasteiger partial charge in [0.05, 0.1) is 5.60 Å². The van der Waals surface area contributed by atoms with Crippen molar-refractivity contribution in [3.05, 3.63) is 12.2 Å². The van der Waals surface area contributed by atoms with E-state index in [9.17, 15) is 14.7 Å². The molecule has 0 spiro atoms. The maximum Gasteiger partial charge on any atom is 0.158 e. The summed E-state index contributed by atoms with van der Waals surface area (Å²) in [5.41, 5.74) is -0.533. The number of hydrogen-bond acceptors (Lipinski definition) is 4. The maximum atomic E-state index is 12.4. The van der Waals surface area contributed by atoms with Gasteiger partial charge in [0.2, 0.25) is 0 Å². The number of rotatable bonds is 17. The quantitative estimate of drug-likeness (QED) is 0.239. The van der Waals surface area contributed by atoms with E-state index in [-0.39, 0.29) is 18.3 Å². The third-order valence-corrected chi connectivity index (χ3v) is 7.21. The first-order valence-electron chi connectivity index (χ1n) is 12.5. The number of carbonyl (C=O) groups is 2. The van der Waals surface area contributed by atoms with Gasteiger partial charge in [0, 0.05) is 18.8 Å². The van der Waals surface area contributed by atoms with Crippen LogP contribution in [0, 0.1) is 17.8 Å². The molecule has 2 aliphatic rings. The molecule has 4 nitrogen and oxygen atoms in total. The first-order valence-corrected chi connectivity index (χ1v) is 12.5. The second kappa shape index (κ2) is 13.4. The zero-order valence-corrected chi connectivity index (χ0v) is 19.1. The second-order valence-electron chi connectivity index (χ2n) is 9.75.